The largest absolute Gasteiger partial charge is 1.00 e. The smallest absolute Gasteiger partial charge is 0.553 e. The molecule has 127 heavy (non-hydrogen) atoms. The third-order valence-electron chi connectivity index (χ3n) is 21.0. The topological polar surface area (TPSA) is 357 Å². The van der Waals surface area contributed by atoms with E-state index in [9.17, 15) is 50.7 Å². The number of aromatic nitrogens is 8. The first-order valence-electron chi connectivity index (χ1n) is 40.6. The van der Waals surface area contributed by atoms with E-state index in [0.29, 0.717) is 74.6 Å². The van der Waals surface area contributed by atoms with E-state index < -0.39 is 19.1 Å². The van der Waals surface area contributed by atoms with Gasteiger partial charge in [0.2, 0.25) is 0 Å². The quantitative estimate of drug-likeness (QED) is 0.0123. The number of carboxylic acid groups (broad SMARTS) is 1. The number of nitrogen functional groups attached to an aromatic ring is 1. The van der Waals surface area contributed by atoms with E-state index in [-0.39, 0.29) is 100 Å². The van der Waals surface area contributed by atoms with Crippen LogP contribution < -0.4 is 45.9 Å². The third kappa shape index (κ3) is 26.7. The number of halogens is 5. The molecule has 0 spiro atoms. The molecule has 4 aliphatic heterocycles. The number of alkyl halides is 1. The van der Waals surface area contributed by atoms with E-state index in [4.69, 9.17) is 42.6 Å². The molecule has 4 aliphatic rings. The molecule has 8 N–H and O–H groups in total. The Balaban J connectivity index is 0.000000194. The van der Waals surface area contributed by atoms with Crippen molar-refractivity contribution in [2.75, 3.05) is 112 Å². The number of piperazine rings is 1. The molecule has 4 fully saturated rings. The van der Waals surface area contributed by atoms with Gasteiger partial charge in [-0.15, -0.1) is 22.7 Å². The second-order valence-corrected chi connectivity index (χ2v) is 30.8. The predicted molar refractivity (Wildman–Crippen MR) is 477 cm³/mol. The van der Waals surface area contributed by atoms with Gasteiger partial charge in [-0.1, -0.05) is 0 Å². The van der Waals surface area contributed by atoms with Crippen molar-refractivity contribution in [3.63, 3.8) is 0 Å². The Morgan fingerprint density at radius 2 is 0.929 bits per heavy atom. The number of methoxy groups -OCH3 is 3. The molecule has 8 aromatic carbocycles. The number of aliphatic hydroxyl groups is 1. The first-order valence-corrected chi connectivity index (χ1v) is 41.6. The fraction of sp³-hybridized carbons (Fsp3) is 0.308. The summed E-state index contributed by atoms with van der Waals surface area (Å²) in [6.45, 7) is 21.2. The molecule has 0 bridgehead atoms. The molecule has 5 aromatic heterocycles. The van der Waals surface area contributed by atoms with Crippen LogP contribution >= 0.6 is 22.7 Å². The fourth-order valence-electron chi connectivity index (χ4n) is 14.0. The zero-order valence-electron chi connectivity index (χ0n) is 73.3. The maximum atomic E-state index is 13.4. The number of piperidine rings is 1. The van der Waals surface area contributed by atoms with Crippen LogP contribution in [-0.2, 0) is 14.2 Å². The van der Waals surface area contributed by atoms with Gasteiger partial charge < -0.3 is 61.7 Å². The van der Waals surface area contributed by atoms with Gasteiger partial charge in [0.15, 0.2) is 27.4 Å². The number of carbonyl (C=O) groups excluding carboxylic acids is 5. The molecule has 0 unspecified atom stereocenters. The summed E-state index contributed by atoms with van der Waals surface area (Å²) in [7, 11) is 3.56. The minimum atomic E-state index is -1.00. The van der Waals surface area contributed by atoms with Crippen molar-refractivity contribution in [2.45, 2.75) is 79.4 Å². The number of thiazole rings is 2. The molecule has 0 radical (unpaired) electrons. The summed E-state index contributed by atoms with van der Waals surface area (Å²) in [6.07, 6.45) is 5.06. The monoisotopic (exact) mass is 1790 g/mol. The van der Waals surface area contributed by atoms with E-state index in [0.717, 1.165) is 127 Å². The van der Waals surface area contributed by atoms with Crippen molar-refractivity contribution in [2.24, 2.45) is 5.92 Å². The number of rotatable bonds is 17. The normalized spacial score (nSPS) is 13.9. The number of hydrogen-bond donors (Lipinski definition) is 6. The Morgan fingerprint density at radius 3 is 1.31 bits per heavy atom. The number of nitrogens with zero attached hydrogens (tertiary/aromatic N) is 12. The van der Waals surface area contributed by atoms with Gasteiger partial charge in [-0.3, -0.25) is 51.9 Å². The van der Waals surface area contributed by atoms with E-state index in [1.165, 1.54) is 119 Å². The summed E-state index contributed by atoms with van der Waals surface area (Å²) in [5.41, 5.74) is 16.9. The van der Waals surface area contributed by atoms with Crippen molar-refractivity contribution >= 4 is 108 Å². The first-order chi connectivity index (χ1) is 61.0. The molecule has 0 saturated carbocycles. The molecular formula is C91H102F5N16NaO12S2. The van der Waals surface area contributed by atoms with Crippen LogP contribution in [0.25, 0.3) is 56.1 Å². The van der Waals surface area contributed by atoms with Crippen LogP contribution in [0.4, 0.5) is 39.0 Å². The Morgan fingerprint density at radius 1 is 0.551 bits per heavy atom. The van der Waals surface area contributed by atoms with Crippen LogP contribution in [0.15, 0.2) is 193 Å². The maximum Gasteiger partial charge on any atom is 1.00 e. The van der Waals surface area contributed by atoms with E-state index in [2.05, 4.69) is 45.4 Å². The van der Waals surface area contributed by atoms with Gasteiger partial charge in [-0.2, -0.15) is 0 Å². The summed E-state index contributed by atoms with van der Waals surface area (Å²) in [5.74, 6) is 4.34. The molecule has 0 aliphatic carbocycles. The van der Waals surface area contributed by atoms with Crippen molar-refractivity contribution in [3.8, 4) is 17.1 Å². The Bertz CT molecular complexity index is 5630. The van der Waals surface area contributed by atoms with Crippen LogP contribution in [0.5, 0.6) is 0 Å². The summed E-state index contributed by atoms with van der Waals surface area (Å²) in [4.78, 5) is 102. The van der Waals surface area contributed by atoms with E-state index >= 15 is 0 Å². The summed E-state index contributed by atoms with van der Waals surface area (Å²) < 4.78 is 87.8. The standard InChI is InChI=1S/C27H26FN5O2S.C16H13FN2O.C15H11FN2O2.C14H13FN2O.C11H16N4OS.C5H12O3.C2H6O.CH3F.H2NO.Na/c1-17-30-23-14-19(2-7-24(23)33(17)21-5-3-20(28)4-6-21)27(35)32-15-22(16-32)31-11-8-18(9-12-31)25(34)26-29-10-13-36-26;1-10(20)12-3-8-16-15(9-12)18-11(2)19(16)14-6-4-13(17)5-7-14;1-9-17-13-8-10(15(19)20)2-7-14(13)18(9)12-5-3-11(16)4-6-12;1-9(18)10-2-7-14(13(16)8-10)17-12-5-3-11(15)4-6-12;16-11(10-13-1-6-17-10)15-4-2-14(3-5-15)9-7-12-8-9;1-5(6-2,7-3)8-4;1-2-3;2*1-2;/h2-7,10,13-14,18,22H,8-9,11-12,15-16H2,1H3;3-9H,1-2H3;2-8H,1H3,(H,19,20);2-8,17H,16H2,1H3;1,6,9,12H,2-5,7-8H2;1-4H3;3H,2H2,1H3;1H3;1-2H;/q;;;;;;;;-1;+1/i;;;;;;;1D;;. The molecule has 36 heteroatoms. The molecule has 0 atom stereocenters. The molecule has 666 valence electrons. The number of amides is 2. The van der Waals surface area contributed by atoms with Gasteiger partial charge in [-0.05, 0) is 237 Å². The number of ether oxygens (including phenoxy) is 3. The average molecular weight is 1800 g/mol. The molecule has 4 saturated heterocycles. The number of ketones is 3. The van der Waals surface area contributed by atoms with E-state index in [1.807, 2.05) is 79.3 Å². The number of aryl methyl sites for hydroxylation is 3. The maximum absolute atomic E-state index is 13.4. The average Bonchev–Trinajstić information content (AvgIpc) is 1.61. The fourth-order valence-corrected chi connectivity index (χ4v) is 15.3. The zero-order chi connectivity index (χ0) is 92.2. The number of likely N-dealkylation sites (tertiary alicyclic amines) is 2. The number of hydrogen-bond acceptors (Lipinski definition) is 23. The van der Waals surface area contributed by atoms with Crippen molar-refractivity contribution in [1.82, 2.24) is 63.5 Å². The second-order valence-electron chi connectivity index (χ2n) is 29.0. The number of Topliss-reactive ketones (excluding diaryl/α,β-unsaturated/α-hetero) is 3. The molecular weight excluding hydrogens is 1690 g/mol. The Kier molecular flexibility index (Phi) is 38.1. The number of aliphatic hydroxyl groups excluding tert-OH is 1. The number of nitrogens with one attached hydrogen (secondary N) is 3. The Labute approximate surface area is 763 Å². The van der Waals surface area contributed by atoms with Gasteiger partial charge in [-0.25, -0.2) is 47.3 Å². The van der Waals surface area contributed by atoms with Gasteiger partial charge in [0.25, 0.3) is 17.8 Å². The Hall–Kier alpha value is -11.3. The third-order valence-corrected chi connectivity index (χ3v) is 22.6. The molecule has 28 nitrogen and oxygen atoms in total. The molecule has 17 rings (SSSR count). The summed E-state index contributed by atoms with van der Waals surface area (Å²) >= 11 is 2.83. The van der Waals surface area contributed by atoms with E-state index in [1.54, 1.807) is 111 Å². The molecule has 9 heterocycles. The number of fused-ring (bicyclic) bond motifs is 3. The summed E-state index contributed by atoms with van der Waals surface area (Å²) in [6, 6.07) is 46.5. The zero-order valence-corrected chi connectivity index (χ0v) is 75.9. The number of nitrogens with two attached hydrogens (primary N) is 1. The van der Waals surface area contributed by atoms with Crippen LogP contribution in [0.3, 0.4) is 0 Å². The number of imidazole rings is 3. The minimum Gasteiger partial charge on any atom is -0.553 e. The SMILES string of the molecule is CC(=O)c1ccc(Nc2ccc(F)cc2)c(N)c1.CC(=O)c1ccc2c(c1)nc(C)n2-c1ccc(F)cc1.CCO.COC(C)(OC)OC.Cc1nc2cc(C(=O)N3CC(N4CCC(C(=O)c5nccs5)CC4)C3)ccc2n1-c1ccc(F)cc1.Cc1nc2cc(C(=O)O)ccc2n1-c1ccc(F)cc1.O=C(c1nccs1)N1CCN(C2CNC2)CC1.[2H]CF.[NH-]O.[Na+]. The van der Waals surface area contributed by atoms with Gasteiger partial charge in [0, 0.05) is 168 Å². The van der Waals surface area contributed by atoms with Gasteiger partial charge in [0.1, 0.15) is 40.7 Å². The summed E-state index contributed by atoms with van der Waals surface area (Å²) in [5, 5.41) is 34.1. The number of carbonyl (C=O) groups is 6. The number of carboxylic acids is 1. The molecule has 13 aromatic rings. The van der Waals surface area contributed by atoms with Crippen molar-refractivity contribution in [1.29, 1.82) is 0 Å². The van der Waals surface area contributed by atoms with Crippen LogP contribution in [0.1, 0.15) is 120 Å². The van der Waals surface area contributed by atoms with Crippen molar-refractivity contribution in [3.05, 3.63) is 272 Å². The van der Waals surface area contributed by atoms with Crippen LogP contribution in [-0.4, -0.2) is 227 Å². The van der Waals surface area contributed by atoms with Gasteiger partial charge in [0.05, 0.1) is 58.6 Å². The van der Waals surface area contributed by atoms with Crippen molar-refractivity contribution < 1.29 is 111 Å². The molecule has 2 amide bonds. The number of aromatic carboxylic acids is 1. The number of benzene rings is 8. The van der Waals surface area contributed by atoms with Crippen LogP contribution in [0.2, 0.25) is 0 Å². The minimum absolute atomic E-state index is 0. The predicted octanol–water partition coefficient (Wildman–Crippen LogP) is 13.0. The number of anilines is 3. The van der Waals surface area contributed by atoms with Crippen LogP contribution in [0, 0.1) is 50.0 Å². The second kappa shape index (κ2) is 48.6. The van der Waals surface area contributed by atoms with Gasteiger partial charge >= 0.3 is 35.5 Å². The first kappa shape index (κ1) is 99.5.